The van der Waals surface area contributed by atoms with Crippen LogP contribution < -0.4 is 14.4 Å². The molecule has 3 rings (SSSR count). The summed E-state index contributed by atoms with van der Waals surface area (Å²) < 4.78 is 33.8. The molecule has 3 aromatic carbocycles. The van der Waals surface area contributed by atoms with Gasteiger partial charge in [0.2, 0.25) is 5.91 Å². The van der Waals surface area contributed by atoms with Gasteiger partial charge >= 0.3 is 0 Å². The summed E-state index contributed by atoms with van der Waals surface area (Å²) in [5.41, 5.74) is 2.92. The molecule has 0 unspecified atom stereocenters. The molecule has 192 valence electrons. The van der Waals surface area contributed by atoms with Crippen molar-refractivity contribution >= 4 is 33.2 Å². The maximum Gasteiger partial charge on any atom is 0.264 e. The van der Waals surface area contributed by atoms with E-state index in [1.807, 2.05) is 31.2 Å². The van der Waals surface area contributed by atoms with Crippen LogP contribution in [-0.4, -0.2) is 28.0 Å². The fraction of sp³-hybridized carbons (Fsp3) is 0.321. The van der Waals surface area contributed by atoms with E-state index in [0.29, 0.717) is 28.6 Å². The Morgan fingerprint density at radius 1 is 1.00 bits per heavy atom. The molecule has 0 fully saturated rings. The van der Waals surface area contributed by atoms with Crippen molar-refractivity contribution in [1.82, 2.24) is 5.32 Å². The number of benzene rings is 3. The number of ether oxygens (including phenoxy) is 1. The first-order chi connectivity index (χ1) is 17.0. The lowest BCUT2D eigenvalue weighted by atomic mass is 9.97. The fourth-order valence-corrected chi connectivity index (χ4v) is 5.70. The molecule has 0 radical (unpaired) electrons. The number of hydrogen-bond acceptors (Lipinski definition) is 4. The Balaban J connectivity index is 1.95. The van der Waals surface area contributed by atoms with Crippen LogP contribution in [0.15, 0.2) is 71.6 Å². The van der Waals surface area contributed by atoms with Gasteiger partial charge in [0.25, 0.3) is 10.0 Å². The van der Waals surface area contributed by atoms with Crippen molar-refractivity contribution in [1.29, 1.82) is 0 Å². The maximum absolute atomic E-state index is 13.7. The number of aryl methyl sites for hydroxylation is 2. The number of sulfonamides is 1. The van der Waals surface area contributed by atoms with Gasteiger partial charge in [-0.3, -0.25) is 9.10 Å². The lowest BCUT2D eigenvalue weighted by Gasteiger charge is -2.27. The molecule has 0 saturated carbocycles. The van der Waals surface area contributed by atoms with Crippen LogP contribution in [0.2, 0.25) is 5.02 Å². The van der Waals surface area contributed by atoms with Crippen molar-refractivity contribution in [2.75, 3.05) is 18.0 Å². The zero-order valence-electron chi connectivity index (χ0n) is 21.3. The molecule has 0 aliphatic rings. The molecule has 36 heavy (non-hydrogen) atoms. The van der Waals surface area contributed by atoms with E-state index in [-0.39, 0.29) is 17.5 Å². The largest absolute Gasteiger partial charge is 0.497 e. The second-order valence-corrected chi connectivity index (χ2v) is 11.6. The van der Waals surface area contributed by atoms with E-state index in [4.69, 9.17) is 16.3 Å². The third-order valence-corrected chi connectivity index (χ3v) is 7.89. The summed E-state index contributed by atoms with van der Waals surface area (Å²) in [5, 5.41) is 3.54. The first kappa shape index (κ1) is 27.6. The van der Waals surface area contributed by atoms with Gasteiger partial charge in [-0.1, -0.05) is 55.3 Å². The average molecular weight is 529 g/mol. The van der Waals surface area contributed by atoms with Crippen LogP contribution in [0.25, 0.3) is 0 Å². The number of hydrogen-bond donors (Lipinski definition) is 1. The van der Waals surface area contributed by atoms with E-state index in [0.717, 1.165) is 21.2 Å². The van der Waals surface area contributed by atoms with Gasteiger partial charge in [0, 0.05) is 5.02 Å². The second-order valence-electron chi connectivity index (χ2n) is 9.28. The van der Waals surface area contributed by atoms with Gasteiger partial charge in [-0.2, -0.15) is 0 Å². The van der Waals surface area contributed by atoms with Gasteiger partial charge in [0.05, 0.1) is 23.7 Å². The van der Waals surface area contributed by atoms with Crippen LogP contribution in [0.3, 0.4) is 0 Å². The molecule has 0 spiro atoms. The van der Waals surface area contributed by atoms with E-state index in [2.05, 4.69) is 19.2 Å². The minimum absolute atomic E-state index is 0.115. The van der Waals surface area contributed by atoms with E-state index in [1.165, 1.54) is 0 Å². The van der Waals surface area contributed by atoms with Crippen molar-refractivity contribution in [3.63, 3.8) is 0 Å². The highest BCUT2D eigenvalue weighted by atomic mass is 35.5. The summed E-state index contributed by atoms with van der Waals surface area (Å²) >= 11 is 6.13. The molecule has 3 aromatic rings. The van der Waals surface area contributed by atoms with Crippen molar-refractivity contribution in [3.8, 4) is 5.75 Å². The van der Waals surface area contributed by atoms with Crippen molar-refractivity contribution in [2.45, 2.75) is 45.1 Å². The molecule has 0 heterocycles. The number of amides is 1. The van der Waals surface area contributed by atoms with E-state index < -0.39 is 15.9 Å². The monoisotopic (exact) mass is 528 g/mol. The van der Waals surface area contributed by atoms with Crippen molar-refractivity contribution < 1.29 is 17.9 Å². The zero-order valence-corrected chi connectivity index (χ0v) is 22.9. The smallest absolute Gasteiger partial charge is 0.264 e. The van der Waals surface area contributed by atoms with E-state index in [9.17, 15) is 13.2 Å². The SMILES string of the molecule is COc1ccc([C@@H](CC(C)C)NC(=O)CN(c2ccc(Cl)cc2C)S(=O)(=O)c2ccc(C)cc2)cc1. The highest BCUT2D eigenvalue weighted by Gasteiger charge is 2.29. The van der Waals surface area contributed by atoms with Crippen LogP contribution in [0, 0.1) is 19.8 Å². The van der Waals surface area contributed by atoms with Crippen LogP contribution in [0.5, 0.6) is 5.75 Å². The minimum Gasteiger partial charge on any atom is -0.497 e. The third-order valence-electron chi connectivity index (χ3n) is 5.88. The van der Waals surface area contributed by atoms with Crippen LogP contribution in [0.1, 0.15) is 43.0 Å². The zero-order chi connectivity index (χ0) is 26.5. The summed E-state index contributed by atoms with van der Waals surface area (Å²) in [6.07, 6.45) is 0.697. The number of carbonyl (C=O) groups excluding carboxylic acids is 1. The summed E-state index contributed by atoms with van der Waals surface area (Å²) in [6.45, 7) is 7.44. The van der Waals surface area contributed by atoms with Gasteiger partial charge in [0.15, 0.2) is 0 Å². The normalized spacial score (nSPS) is 12.3. The van der Waals surface area contributed by atoms with Gasteiger partial charge in [-0.05, 0) is 79.8 Å². The average Bonchev–Trinajstić information content (AvgIpc) is 2.82. The Labute approximate surface area is 219 Å². The molecule has 1 atom stereocenters. The topological polar surface area (TPSA) is 75.7 Å². The Morgan fingerprint density at radius 2 is 1.64 bits per heavy atom. The molecule has 0 saturated heterocycles. The summed E-state index contributed by atoms with van der Waals surface area (Å²) in [4.78, 5) is 13.5. The van der Waals surface area contributed by atoms with Crippen LogP contribution in [-0.2, 0) is 14.8 Å². The number of carbonyl (C=O) groups is 1. The quantitative estimate of drug-likeness (QED) is 0.347. The molecule has 0 aliphatic heterocycles. The summed E-state index contributed by atoms with van der Waals surface area (Å²) in [7, 11) is -2.42. The Kier molecular flexibility index (Phi) is 9.03. The Hall–Kier alpha value is -3.03. The van der Waals surface area contributed by atoms with Crippen LogP contribution >= 0.6 is 11.6 Å². The number of rotatable bonds is 10. The molecule has 6 nitrogen and oxygen atoms in total. The third kappa shape index (κ3) is 6.80. The van der Waals surface area contributed by atoms with Crippen LogP contribution in [0.4, 0.5) is 5.69 Å². The summed E-state index contributed by atoms with van der Waals surface area (Å²) in [6, 6.07) is 18.8. The number of nitrogens with one attached hydrogen (secondary N) is 1. The fourth-order valence-electron chi connectivity index (χ4n) is 3.99. The predicted molar refractivity (Wildman–Crippen MR) is 145 cm³/mol. The lowest BCUT2D eigenvalue weighted by Crippen LogP contribution is -2.42. The first-order valence-corrected chi connectivity index (χ1v) is 13.6. The second kappa shape index (κ2) is 11.8. The number of methoxy groups -OCH3 is 1. The minimum atomic E-state index is -4.02. The predicted octanol–water partition coefficient (Wildman–Crippen LogP) is 6.06. The molecular weight excluding hydrogens is 496 g/mol. The number of anilines is 1. The lowest BCUT2D eigenvalue weighted by molar-refractivity contribution is -0.120. The van der Waals surface area contributed by atoms with Gasteiger partial charge in [0.1, 0.15) is 12.3 Å². The van der Waals surface area contributed by atoms with Gasteiger partial charge in [-0.15, -0.1) is 0 Å². The standard InChI is InChI=1S/C28H33ClN2O4S/c1-19(2)16-26(22-8-11-24(35-5)12-9-22)30-28(32)18-31(27-15-10-23(29)17-21(27)4)36(33,34)25-13-6-20(3)7-14-25/h6-15,17,19,26H,16,18H2,1-5H3,(H,30,32)/t26-/m1/s1. The summed E-state index contributed by atoms with van der Waals surface area (Å²) in [5.74, 6) is 0.631. The highest BCUT2D eigenvalue weighted by molar-refractivity contribution is 7.92. The molecule has 1 amide bonds. The molecule has 0 bridgehead atoms. The van der Waals surface area contributed by atoms with E-state index >= 15 is 0 Å². The van der Waals surface area contributed by atoms with E-state index in [1.54, 1.807) is 56.5 Å². The first-order valence-electron chi connectivity index (χ1n) is 11.8. The maximum atomic E-state index is 13.7. The Morgan fingerprint density at radius 3 is 2.19 bits per heavy atom. The molecule has 1 N–H and O–H groups in total. The molecular formula is C28H33ClN2O4S. The van der Waals surface area contributed by atoms with Crippen molar-refractivity contribution in [2.24, 2.45) is 5.92 Å². The number of halogens is 1. The molecule has 8 heteroatoms. The van der Waals surface area contributed by atoms with Gasteiger partial charge in [-0.25, -0.2) is 8.42 Å². The van der Waals surface area contributed by atoms with Gasteiger partial charge < -0.3 is 10.1 Å². The number of nitrogens with zero attached hydrogens (tertiary/aromatic N) is 1. The Bertz CT molecular complexity index is 1290. The highest BCUT2D eigenvalue weighted by Crippen LogP contribution is 2.30. The van der Waals surface area contributed by atoms with Crippen molar-refractivity contribution in [3.05, 3.63) is 88.4 Å². The molecule has 0 aromatic heterocycles. The molecule has 0 aliphatic carbocycles.